The Morgan fingerprint density at radius 2 is 1.77 bits per heavy atom. The van der Waals surface area contributed by atoms with Gasteiger partial charge in [-0.15, -0.1) is 0 Å². The van der Waals surface area contributed by atoms with Crippen LogP contribution in [0.25, 0.3) is 0 Å². The highest BCUT2D eigenvalue weighted by atomic mass is 31.1. The van der Waals surface area contributed by atoms with Gasteiger partial charge in [-0.2, -0.15) is 0 Å². The zero-order chi connectivity index (χ0) is 15.4. The number of benzene rings is 2. The average Bonchev–Trinajstić information content (AvgIpc) is 2.53. The van der Waals surface area contributed by atoms with Crippen molar-refractivity contribution in [3.8, 4) is 5.75 Å². The van der Waals surface area contributed by atoms with E-state index < -0.39 is 0 Å². The smallest absolute Gasteiger partial charge is 0.123 e. The van der Waals surface area contributed by atoms with Crippen LogP contribution in [0.2, 0.25) is 0 Å². The maximum Gasteiger partial charge on any atom is 0.123 e. The lowest BCUT2D eigenvalue weighted by molar-refractivity contribution is 0.221. The van der Waals surface area contributed by atoms with Crippen molar-refractivity contribution >= 4 is 19.2 Å². The van der Waals surface area contributed by atoms with Gasteiger partial charge in [-0.1, -0.05) is 39.3 Å². The third-order valence-electron chi connectivity index (χ3n) is 4.08. The van der Waals surface area contributed by atoms with Gasteiger partial charge in [-0.25, -0.2) is 4.39 Å². The molecular weight excluding hydrogens is 296 g/mol. The zero-order valence-corrected chi connectivity index (χ0v) is 13.6. The Morgan fingerprint density at radius 3 is 2.55 bits per heavy atom. The summed E-state index contributed by atoms with van der Waals surface area (Å²) in [6.45, 7) is 2.99. The Hall–Kier alpha value is -1.44. The first-order valence-electron chi connectivity index (χ1n) is 7.78. The SMILES string of the molecule is Oc1ccccc1Pc1ccc(F)cc1CN1CCCCC1. The number of piperidine rings is 1. The van der Waals surface area contributed by atoms with Crippen LogP contribution < -0.4 is 10.6 Å². The molecule has 2 aromatic carbocycles. The van der Waals surface area contributed by atoms with E-state index in [4.69, 9.17) is 0 Å². The van der Waals surface area contributed by atoms with Crippen LogP contribution in [0.3, 0.4) is 0 Å². The van der Waals surface area contributed by atoms with E-state index in [1.54, 1.807) is 12.1 Å². The molecule has 0 radical (unpaired) electrons. The summed E-state index contributed by atoms with van der Waals surface area (Å²) in [4.78, 5) is 2.40. The van der Waals surface area contributed by atoms with Crippen LogP contribution in [0.4, 0.5) is 4.39 Å². The lowest BCUT2D eigenvalue weighted by Gasteiger charge is -2.27. The Morgan fingerprint density at radius 1 is 1.00 bits per heavy atom. The van der Waals surface area contributed by atoms with Gasteiger partial charge in [0.05, 0.1) is 0 Å². The van der Waals surface area contributed by atoms with Crippen molar-refractivity contribution in [1.29, 1.82) is 0 Å². The highest BCUT2D eigenvalue weighted by molar-refractivity contribution is 7.55. The van der Waals surface area contributed by atoms with Crippen LogP contribution in [-0.4, -0.2) is 23.1 Å². The second kappa shape index (κ2) is 7.21. The van der Waals surface area contributed by atoms with Crippen molar-refractivity contribution in [2.24, 2.45) is 0 Å². The maximum absolute atomic E-state index is 13.7. The number of likely N-dealkylation sites (tertiary alicyclic amines) is 1. The number of hydrogen-bond donors (Lipinski definition) is 1. The molecule has 1 aliphatic rings. The van der Waals surface area contributed by atoms with Crippen molar-refractivity contribution in [1.82, 2.24) is 4.90 Å². The fourth-order valence-electron chi connectivity index (χ4n) is 2.90. The summed E-state index contributed by atoms with van der Waals surface area (Å²) in [5.74, 6) is 0.131. The van der Waals surface area contributed by atoms with Gasteiger partial charge in [0.2, 0.25) is 0 Å². The number of aromatic hydroxyl groups is 1. The van der Waals surface area contributed by atoms with Gasteiger partial charge in [0, 0.05) is 11.8 Å². The van der Waals surface area contributed by atoms with E-state index in [1.165, 1.54) is 25.3 Å². The molecule has 0 aliphatic carbocycles. The van der Waals surface area contributed by atoms with E-state index in [0.29, 0.717) is 14.3 Å². The summed E-state index contributed by atoms with van der Waals surface area (Å²) in [7, 11) is 0.348. The molecular formula is C18H21FNOP. The molecule has 3 rings (SSSR count). The Kier molecular flexibility index (Phi) is 5.07. The van der Waals surface area contributed by atoms with Gasteiger partial charge in [-0.05, 0) is 55.0 Å². The van der Waals surface area contributed by atoms with Crippen molar-refractivity contribution in [3.05, 3.63) is 53.8 Å². The second-order valence-corrected chi connectivity index (χ2v) is 7.11. The fourth-order valence-corrected chi connectivity index (χ4v) is 4.06. The number of para-hydroxylation sites is 1. The van der Waals surface area contributed by atoms with Gasteiger partial charge in [0.1, 0.15) is 11.6 Å². The van der Waals surface area contributed by atoms with Crippen molar-refractivity contribution in [3.63, 3.8) is 0 Å². The highest BCUT2D eigenvalue weighted by Crippen LogP contribution is 2.22. The van der Waals surface area contributed by atoms with E-state index in [0.717, 1.165) is 35.8 Å². The quantitative estimate of drug-likeness (QED) is 0.876. The lowest BCUT2D eigenvalue weighted by Crippen LogP contribution is -2.30. The van der Waals surface area contributed by atoms with E-state index >= 15 is 0 Å². The second-order valence-electron chi connectivity index (χ2n) is 5.78. The lowest BCUT2D eigenvalue weighted by atomic mass is 10.1. The minimum absolute atomic E-state index is 0.183. The van der Waals surface area contributed by atoms with E-state index in [-0.39, 0.29) is 5.82 Å². The average molecular weight is 317 g/mol. The Bertz CT molecular complexity index is 641. The summed E-state index contributed by atoms with van der Waals surface area (Å²) in [6, 6.07) is 12.4. The largest absolute Gasteiger partial charge is 0.507 e. The molecule has 2 aromatic rings. The Labute approximate surface area is 132 Å². The van der Waals surface area contributed by atoms with Crippen LogP contribution in [0.1, 0.15) is 24.8 Å². The molecule has 1 unspecified atom stereocenters. The number of phenolic OH excluding ortho intramolecular Hbond substituents is 1. The van der Waals surface area contributed by atoms with Gasteiger partial charge in [-0.3, -0.25) is 4.90 Å². The van der Waals surface area contributed by atoms with Crippen molar-refractivity contribution < 1.29 is 9.50 Å². The monoisotopic (exact) mass is 317 g/mol. The van der Waals surface area contributed by atoms with Crippen LogP contribution in [0, 0.1) is 5.82 Å². The molecule has 0 bridgehead atoms. The summed E-state index contributed by atoms with van der Waals surface area (Å²) in [6.07, 6.45) is 3.75. The number of nitrogens with zero attached hydrogens (tertiary/aromatic N) is 1. The van der Waals surface area contributed by atoms with E-state index in [9.17, 15) is 9.50 Å². The molecule has 0 aromatic heterocycles. The zero-order valence-electron chi connectivity index (χ0n) is 12.6. The molecule has 116 valence electrons. The van der Waals surface area contributed by atoms with Gasteiger partial charge in [0.25, 0.3) is 0 Å². The van der Waals surface area contributed by atoms with E-state index in [1.807, 2.05) is 24.3 Å². The molecule has 1 N–H and O–H groups in total. The predicted molar refractivity (Wildman–Crippen MR) is 91.2 cm³/mol. The summed E-state index contributed by atoms with van der Waals surface area (Å²) < 4.78 is 13.7. The van der Waals surface area contributed by atoms with Crippen LogP contribution in [-0.2, 0) is 6.54 Å². The third kappa shape index (κ3) is 3.85. The third-order valence-corrected chi connectivity index (χ3v) is 5.53. The molecule has 4 heteroatoms. The molecule has 0 spiro atoms. The molecule has 1 fully saturated rings. The predicted octanol–water partition coefficient (Wildman–Crippen LogP) is 3.15. The molecule has 1 atom stereocenters. The van der Waals surface area contributed by atoms with E-state index in [2.05, 4.69) is 4.90 Å². The maximum atomic E-state index is 13.7. The van der Waals surface area contributed by atoms with Crippen LogP contribution in [0.5, 0.6) is 5.75 Å². The summed E-state index contributed by atoms with van der Waals surface area (Å²) >= 11 is 0. The van der Waals surface area contributed by atoms with Gasteiger partial charge in [0.15, 0.2) is 0 Å². The molecule has 1 saturated heterocycles. The minimum atomic E-state index is -0.183. The van der Waals surface area contributed by atoms with Gasteiger partial charge >= 0.3 is 0 Å². The first-order chi connectivity index (χ1) is 10.7. The topological polar surface area (TPSA) is 23.5 Å². The fraction of sp³-hybridized carbons (Fsp3) is 0.333. The number of halogens is 1. The minimum Gasteiger partial charge on any atom is -0.507 e. The molecule has 0 saturated carbocycles. The standard InChI is InChI=1S/C18H21FNOP/c19-15-8-9-17(22-18-7-3-2-6-16(18)21)14(12-15)13-20-10-4-1-5-11-20/h2-3,6-9,12,21-22H,1,4-5,10-11,13H2. The molecule has 0 amide bonds. The van der Waals surface area contributed by atoms with Crippen molar-refractivity contribution in [2.75, 3.05) is 13.1 Å². The normalized spacial score (nSPS) is 16.4. The first-order valence-corrected chi connectivity index (χ1v) is 8.78. The number of rotatable bonds is 4. The van der Waals surface area contributed by atoms with Crippen molar-refractivity contribution in [2.45, 2.75) is 25.8 Å². The molecule has 2 nitrogen and oxygen atoms in total. The first kappa shape index (κ1) is 15.5. The molecule has 22 heavy (non-hydrogen) atoms. The molecule has 1 aliphatic heterocycles. The highest BCUT2D eigenvalue weighted by Gasteiger charge is 2.14. The molecule has 1 heterocycles. The van der Waals surface area contributed by atoms with Gasteiger partial charge < -0.3 is 5.11 Å². The number of phenols is 1. The number of hydrogen-bond acceptors (Lipinski definition) is 2. The summed E-state index contributed by atoms with van der Waals surface area (Å²) in [5.41, 5.74) is 1.04. The van der Waals surface area contributed by atoms with Crippen LogP contribution >= 0.6 is 8.58 Å². The van der Waals surface area contributed by atoms with Crippen LogP contribution in [0.15, 0.2) is 42.5 Å². The Balaban J connectivity index is 1.82. The summed E-state index contributed by atoms with van der Waals surface area (Å²) in [5, 5.41) is 12.0.